The van der Waals surface area contributed by atoms with E-state index in [0.29, 0.717) is 11.6 Å². The first-order valence-electron chi connectivity index (χ1n) is 6.78. The lowest BCUT2D eigenvalue weighted by atomic mass is 10.2. The molecule has 1 amide bonds. The van der Waals surface area contributed by atoms with E-state index in [1.165, 1.54) is 0 Å². The summed E-state index contributed by atoms with van der Waals surface area (Å²) in [5.74, 6) is 0.161. The van der Waals surface area contributed by atoms with E-state index in [1.54, 1.807) is 0 Å². The Balaban J connectivity index is 1.71. The molecule has 0 bridgehead atoms. The lowest BCUT2D eigenvalue weighted by Gasteiger charge is -2.04. The number of hydrogen-bond donors (Lipinski definition) is 2. The van der Waals surface area contributed by atoms with Gasteiger partial charge in [-0.05, 0) is 50.1 Å². The molecule has 1 aromatic carbocycles. The Kier molecular flexibility index (Phi) is 4.03. The number of carbonyl (C=O) groups is 1. The molecule has 1 unspecified atom stereocenters. The van der Waals surface area contributed by atoms with Crippen molar-refractivity contribution in [3.8, 4) is 0 Å². The number of nitrogens with zero attached hydrogens (tertiary/aromatic N) is 2. The van der Waals surface area contributed by atoms with E-state index in [0.717, 1.165) is 29.4 Å². The molecule has 110 valence electrons. The average molecular weight is 351 g/mol. The molecule has 2 heterocycles. The molecule has 1 aliphatic heterocycles. The molecule has 7 heteroatoms. The second-order valence-corrected chi connectivity index (χ2v) is 5.88. The van der Waals surface area contributed by atoms with E-state index in [4.69, 9.17) is 4.52 Å². The topological polar surface area (TPSA) is 80.0 Å². The van der Waals surface area contributed by atoms with E-state index >= 15 is 0 Å². The molecule has 0 saturated carbocycles. The van der Waals surface area contributed by atoms with Gasteiger partial charge in [-0.3, -0.25) is 4.79 Å². The minimum Gasteiger partial charge on any atom is -0.337 e. The largest absolute Gasteiger partial charge is 0.337 e. The van der Waals surface area contributed by atoms with Gasteiger partial charge in [0.15, 0.2) is 0 Å². The maximum absolute atomic E-state index is 12.1. The normalized spacial score (nSPS) is 17.9. The standard InChI is InChI=1S/C14H15BrN4O2/c1-8-7-9(4-5-10(8)15)17-13(20)12-18-14(21-19-12)11-3-2-6-16-11/h4-5,7,11,16H,2-3,6H2,1H3,(H,17,20). The van der Waals surface area contributed by atoms with E-state index < -0.39 is 0 Å². The summed E-state index contributed by atoms with van der Waals surface area (Å²) in [4.78, 5) is 16.3. The molecule has 1 saturated heterocycles. The van der Waals surface area contributed by atoms with Crippen LogP contribution in [-0.4, -0.2) is 22.6 Å². The molecule has 6 nitrogen and oxygen atoms in total. The van der Waals surface area contributed by atoms with Crippen molar-refractivity contribution >= 4 is 27.5 Å². The van der Waals surface area contributed by atoms with Crippen LogP contribution in [0.3, 0.4) is 0 Å². The van der Waals surface area contributed by atoms with E-state index in [1.807, 2.05) is 25.1 Å². The number of benzene rings is 1. The van der Waals surface area contributed by atoms with Crippen LogP contribution in [0, 0.1) is 6.92 Å². The summed E-state index contributed by atoms with van der Waals surface area (Å²) in [5.41, 5.74) is 1.74. The van der Waals surface area contributed by atoms with E-state index in [9.17, 15) is 4.79 Å². The summed E-state index contributed by atoms with van der Waals surface area (Å²) in [7, 11) is 0. The Hall–Kier alpha value is -1.73. The number of rotatable bonds is 3. The first-order valence-corrected chi connectivity index (χ1v) is 7.57. The van der Waals surface area contributed by atoms with Crippen molar-refractivity contribution in [2.24, 2.45) is 0 Å². The second-order valence-electron chi connectivity index (χ2n) is 5.02. The highest BCUT2D eigenvalue weighted by molar-refractivity contribution is 9.10. The fourth-order valence-corrected chi connectivity index (χ4v) is 2.52. The minimum absolute atomic E-state index is 0.0549. The van der Waals surface area contributed by atoms with Crippen molar-refractivity contribution in [2.45, 2.75) is 25.8 Å². The molecule has 3 rings (SSSR count). The van der Waals surface area contributed by atoms with Crippen LogP contribution in [0.1, 0.15) is 41.0 Å². The lowest BCUT2D eigenvalue weighted by molar-refractivity contribution is 0.101. The zero-order valence-electron chi connectivity index (χ0n) is 11.5. The van der Waals surface area contributed by atoms with Crippen molar-refractivity contribution in [1.82, 2.24) is 15.5 Å². The molecule has 1 aromatic heterocycles. The van der Waals surface area contributed by atoms with Crippen LogP contribution in [0.15, 0.2) is 27.2 Å². The van der Waals surface area contributed by atoms with Crippen LogP contribution in [0.4, 0.5) is 5.69 Å². The van der Waals surface area contributed by atoms with Gasteiger partial charge in [0.25, 0.3) is 11.7 Å². The highest BCUT2D eigenvalue weighted by Crippen LogP contribution is 2.22. The van der Waals surface area contributed by atoms with Gasteiger partial charge in [0.1, 0.15) is 0 Å². The zero-order chi connectivity index (χ0) is 14.8. The summed E-state index contributed by atoms with van der Waals surface area (Å²) < 4.78 is 6.15. The third-order valence-corrected chi connectivity index (χ3v) is 4.31. The quantitative estimate of drug-likeness (QED) is 0.889. The number of hydrogen-bond acceptors (Lipinski definition) is 5. The average Bonchev–Trinajstić information content (AvgIpc) is 3.12. The molecule has 1 fully saturated rings. The molecule has 21 heavy (non-hydrogen) atoms. The molecule has 0 radical (unpaired) electrons. The van der Waals surface area contributed by atoms with Crippen molar-refractivity contribution in [1.29, 1.82) is 0 Å². The van der Waals surface area contributed by atoms with Crippen LogP contribution in [0.5, 0.6) is 0 Å². The second kappa shape index (κ2) is 5.95. The monoisotopic (exact) mass is 350 g/mol. The number of carbonyl (C=O) groups excluding carboxylic acids is 1. The Morgan fingerprint density at radius 2 is 2.38 bits per heavy atom. The Morgan fingerprint density at radius 3 is 3.10 bits per heavy atom. The maximum Gasteiger partial charge on any atom is 0.297 e. The molecule has 1 aliphatic rings. The molecular weight excluding hydrogens is 336 g/mol. The fraction of sp³-hybridized carbons (Fsp3) is 0.357. The molecule has 2 N–H and O–H groups in total. The maximum atomic E-state index is 12.1. The Labute approximate surface area is 130 Å². The predicted molar refractivity (Wildman–Crippen MR) is 81.1 cm³/mol. The minimum atomic E-state index is -0.371. The van der Waals surface area contributed by atoms with Gasteiger partial charge in [-0.1, -0.05) is 21.1 Å². The van der Waals surface area contributed by atoms with Crippen LogP contribution < -0.4 is 10.6 Å². The van der Waals surface area contributed by atoms with Crippen LogP contribution in [0.25, 0.3) is 0 Å². The summed E-state index contributed by atoms with van der Waals surface area (Å²) in [6.45, 7) is 2.89. The number of halogens is 1. The van der Waals surface area contributed by atoms with E-state index in [-0.39, 0.29) is 17.8 Å². The number of anilines is 1. The van der Waals surface area contributed by atoms with Gasteiger partial charge < -0.3 is 15.2 Å². The lowest BCUT2D eigenvalue weighted by Crippen LogP contribution is -2.15. The van der Waals surface area contributed by atoms with Gasteiger partial charge in [-0.15, -0.1) is 0 Å². The molecule has 1 atom stereocenters. The molecule has 0 aliphatic carbocycles. The molecule has 0 spiro atoms. The molecule has 2 aromatic rings. The van der Waals surface area contributed by atoms with E-state index in [2.05, 4.69) is 36.7 Å². The third-order valence-electron chi connectivity index (χ3n) is 3.42. The summed E-state index contributed by atoms with van der Waals surface area (Å²) >= 11 is 3.42. The van der Waals surface area contributed by atoms with Crippen LogP contribution in [-0.2, 0) is 0 Å². The van der Waals surface area contributed by atoms with Gasteiger partial charge in [-0.25, -0.2) is 0 Å². The zero-order valence-corrected chi connectivity index (χ0v) is 13.1. The fourth-order valence-electron chi connectivity index (χ4n) is 2.27. The number of amides is 1. The van der Waals surface area contributed by atoms with Crippen LogP contribution in [0.2, 0.25) is 0 Å². The first-order chi connectivity index (χ1) is 10.1. The van der Waals surface area contributed by atoms with Crippen LogP contribution >= 0.6 is 15.9 Å². The summed E-state index contributed by atoms with van der Waals surface area (Å²) in [6.07, 6.45) is 2.03. The predicted octanol–water partition coefficient (Wildman–Crippen LogP) is 2.82. The van der Waals surface area contributed by atoms with Crippen molar-refractivity contribution < 1.29 is 9.32 Å². The third kappa shape index (κ3) is 3.14. The van der Waals surface area contributed by atoms with Crippen molar-refractivity contribution in [3.05, 3.63) is 40.0 Å². The van der Waals surface area contributed by atoms with Gasteiger partial charge in [-0.2, -0.15) is 4.98 Å². The Morgan fingerprint density at radius 1 is 1.52 bits per heavy atom. The van der Waals surface area contributed by atoms with Gasteiger partial charge in [0.2, 0.25) is 5.89 Å². The molecular formula is C14H15BrN4O2. The highest BCUT2D eigenvalue weighted by Gasteiger charge is 2.24. The number of aromatic nitrogens is 2. The SMILES string of the molecule is Cc1cc(NC(=O)c2noc(C3CCCN3)n2)ccc1Br. The Bertz CT molecular complexity index is 665. The van der Waals surface area contributed by atoms with Gasteiger partial charge in [0.05, 0.1) is 6.04 Å². The summed E-state index contributed by atoms with van der Waals surface area (Å²) in [5, 5.41) is 9.77. The smallest absolute Gasteiger partial charge is 0.297 e. The first kappa shape index (κ1) is 14.2. The van der Waals surface area contributed by atoms with Gasteiger partial charge in [0, 0.05) is 10.2 Å². The highest BCUT2D eigenvalue weighted by atomic mass is 79.9. The number of nitrogens with one attached hydrogen (secondary N) is 2. The van der Waals surface area contributed by atoms with Crippen molar-refractivity contribution in [3.63, 3.8) is 0 Å². The number of aryl methyl sites for hydroxylation is 1. The van der Waals surface area contributed by atoms with Gasteiger partial charge >= 0.3 is 0 Å². The van der Waals surface area contributed by atoms with Crippen molar-refractivity contribution in [2.75, 3.05) is 11.9 Å². The summed E-state index contributed by atoms with van der Waals surface area (Å²) in [6, 6.07) is 5.64.